The molecule has 2 heterocycles. The number of hydrogen-bond donors (Lipinski definition) is 1. The van der Waals surface area contributed by atoms with Crippen LogP contribution in [0.4, 0.5) is 10.6 Å². The summed E-state index contributed by atoms with van der Waals surface area (Å²) >= 11 is 3.39. The van der Waals surface area contributed by atoms with Gasteiger partial charge in [-0.05, 0) is 61.2 Å². The highest BCUT2D eigenvalue weighted by Crippen LogP contribution is 2.22. The van der Waals surface area contributed by atoms with Crippen LogP contribution in [0.25, 0.3) is 0 Å². The summed E-state index contributed by atoms with van der Waals surface area (Å²) in [6.07, 6.45) is 2.51. The van der Waals surface area contributed by atoms with Gasteiger partial charge in [0, 0.05) is 30.3 Å². The number of anilines is 1. The number of aromatic nitrogens is 1. The van der Waals surface area contributed by atoms with Crippen LogP contribution in [0, 0.1) is 5.92 Å². The summed E-state index contributed by atoms with van der Waals surface area (Å²) in [4.78, 5) is 18.3. The second-order valence-electron chi connectivity index (χ2n) is 6.32. The summed E-state index contributed by atoms with van der Waals surface area (Å²) in [5.74, 6) is 1.42. The standard InChI is InChI=1S/C15H22BrN3O2/c1-15(2,3)21-14(20)18-8-11-6-7-19(10-11)13-5-4-12(16)9-17-13/h4-5,9,11H,6-8,10H2,1-3H3,(H,18,20). The number of alkyl carbamates (subject to hydrolysis) is 1. The SMILES string of the molecule is CC(C)(C)OC(=O)NCC1CCN(c2ccc(Br)cn2)C1. The van der Waals surface area contributed by atoms with Crippen LogP contribution >= 0.6 is 15.9 Å². The van der Waals surface area contributed by atoms with Gasteiger partial charge >= 0.3 is 6.09 Å². The molecule has 1 N–H and O–H groups in total. The second kappa shape index (κ2) is 6.64. The summed E-state index contributed by atoms with van der Waals surface area (Å²) in [5, 5.41) is 2.85. The Hall–Kier alpha value is -1.30. The molecule has 1 aliphatic rings. The molecule has 1 atom stereocenters. The van der Waals surface area contributed by atoms with Crippen molar-refractivity contribution in [3.63, 3.8) is 0 Å². The topological polar surface area (TPSA) is 54.5 Å². The van der Waals surface area contributed by atoms with E-state index in [-0.39, 0.29) is 6.09 Å². The van der Waals surface area contributed by atoms with Gasteiger partial charge in [0.15, 0.2) is 0 Å². The average Bonchev–Trinajstić information content (AvgIpc) is 2.84. The lowest BCUT2D eigenvalue weighted by Gasteiger charge is -2.21. The van der Waals surface area contributed by atoms with Crippen molar-refractivity contribution in [2.45, 2.75) is 32.8 Å². The van der Waals surface area contributed by atoms with Crippen LogP contribution in [0.1, 0.15) is 27.2 Å². The molecule has 21 heavy (non-hydrogen) atoms. The molecule has 2 rings (SSSR count). The number of nitrogens with zero attached hydrogens (tertiary/aromatic N) is 2. The lowest BCUT2D eigenvalue weighted by molar-refractivity contribution is 0.0520. The summed E-state index contributed by atoms with van der Waals surface area (Å²) in [7, 11) is 0. The average molecular weight is 356 g/mol. The molecule has 1 unspecified atom stereocenters. The second-order valence-corrected chi connectivity index (χ2v) is 7.23. The van der Waals surface area contributed by atoms with E-state index in [0.29, 0.717) is 12.5 Å². The van der Waals surface area contributed by atoms with Crippen molar-refractivity contribution in [1.29, 1.82) is 0 Å². The number of nitrogens with one attached hydrogen (secondary N) is 1. The minimum absolute atomic E-state index is 0.345. The number of carbonyl (C=O) groups is 1. The van der Waals surface area contributed by atoms with Gasteiger partial charge in [0.25, 0.3) is 0 Å². The van der Waals surface area contributed by atoms with Crippen LogP contribution in [-0.2, 0) is 4.74 Å². The third-order valence-electron chi connectivity index (χ3n) is 3.26. The highest BCUT2D eigenvalue weighted by molar-refractivity contribution is 9.10. The lowest BCUT2D eigenvalue weighted by atomic mass is 10.1. The van der Waals surface area contributed by atoms with Crippen LogP contribution in [0.3, 0.4) is 0 Å². The van der Waals surface area contributed by atoms with Crippen molar-refractivity contribution in [3.8, 4) is 0 Å². The van der Waals surface area contributed by atoms with Gasteiger partial charge in [0.05, 0.1) is 0 Å². The Labute approximate surface area is 134 Å². The van der Waals surface area contributed by atoms with E-state index in [1.165, 1.54) is 0 Å². The summed E-state index contributed by atoms with van der Waals surface area (Å²) in [5.41, 5.74) is -0.451. The fraction of sp³-hybridized carbons (Fsp3) is 0.600. The van der Waals surface area contributed by atoms with Gasteiger partial charge in [0.2, 0.25) is 0 Å². The molecular weight excluding hydrogens is 334 g/mol. The molecule has 1 aromatic heterocycles. The number of rotatable bonds is 3. The Morgan fingerprint density at radius 3 is 2.90 bits per heavy atom. The number of hydrogen-bond acceptors (Lipinski definition) is 4. The zero-order chi connectivity index (χ0) is 15.5. The zero-order valence-electron chi connectivity index (χ0n) is 12.7. The maximum atomic E-state index is 11.6. The van der Waals surface area contributed by atoms with Crippen LogP contribution < -0.4 is 10.2 Å². The molecule has 0 radical (unpaired) electrons. The quantitative estimate of drug-likeness (QED) is 0.904. The molecule has 0 aromatic carbocycles. The molecule has 0 spiro atoms. The summed E-state index contributed by atoms with van der Waals surface area (Å²) in [6.45, 7) is 8.11. The highest BCUT2D eigenvalue weighted by Gasteiger charge is 2.24. The van der Waals surface area contributed by atoms with E-state index < -0.39 is 5.60 Å². The molecule has 5 nitrogen and oxygen atoms in total. The van der Waals surface area contributed by atoms with Gasteiger partial charge in [-0.15, -0.1) is 0 Å². The number of ether oxygens (including phenoxy) is 1. The zero-order valence-corrected chi connectivity index (χ0v) is 14.3. The van der Waals surface area contributed by atoms with Gasteiger partial charge in [0.1, 0.15) is 11.4 Å². The first kappa shape index (κ1) is 16.1. The smallest absolute Gasteiger partial charge is 0.407 e. The van der Waals surface area contributed by atoms with E-state index in [2.05, 4.69) is 31.1 Å². The van der Waals surface area contributed by atoms with Crippen molar-refractivity contribution < 1.29 is 9.53 Å². The molecule has 0 saturated carbocycles. The van der Waals surface area contributed by atoms with E-state index >= 15 is 0 Å². The van der Waals surface area contributed by atoms with Crippen LogP contribution in [0.15, 0.2) is 22.8 Å². The first-order chi connectivity index (χ1) is 9.83. The summed E-state index contributed by atoms with van der Waals surface area (Å²) in [6, 6.07) is 4.00. The predicted molar refractivity (Wildman–Crippen MR) is 86.5 cm³/mol. The molecule has 1 saturated heterocycles. The Bertz CT molecular complexity index is 485. The first-order valence-electron chi connectivity index (χ1n) is 7.17. The predicted octanol–water partition coefficient (Wildman–Crippen LogP) is 3.20. The van der Waals surface area contributed by atoms with Crippen LogP contribution in [-0.4, -0.2) is 36.3 Å². The maximum absolute atomic E-state index is 11.6. The van der Waals surface area contributed by atoms with Gasteiger partial charge < -0.3 is 15.0 Å². The van der Waals surface area contributed by atoms with Gasteiger partial charge in [-0.2, -0.15) is 0 Å². The van der Waals surface area contributed by atoms with Crippen molar-refractivity contribution in [2.75, 3.05) is 24.5 Å². The third kappa shape index (κ3) is 5.19. The largest absolute Gasteiger partial charge is 0.444 e. The monoisotopic (exact) mass is 355 g/mol. The number of halogens is 1. The Balaban J connectivity index is 1.78. The number of pyridine rings is 1. The first-order valence-corrected chi connectivity index (χ1v) is 7.96. The molecule has 6 heteroatoms. The van der Waals surface area contributed by atoms with Crippen molar-refractivity contribution in [3.05, 3.63) is 22.8 Å². The van der Waals surface area contributed by atoms with Crippen molar-refractivity contribution in [2.24, 2.45) is 5.92 Å². The molecule has 1 aromatic rings. The molecule has 0 bridgehead atoms. The molecule has 0 aliphatic carbocycles. The van der Waals surface area contributed by atoms with E-state index in [9.17, 15) is 4.79 Å². The number of carbonyl (C=O) groups excluding carboxylic acids is 1. The minimum Gasteiger partial charge on any atom is -0.444 e. The number of amides is 1. The Morgan fingerprint density at radius 1 is 1.52 bits per heavy atom. The minimum atomic E-state index is -0.451. The fourth-order valence-corrected chi connectivity index (χ4v) is 2.54. The van der Waals surface area contributed by atoms with Crippen molar-refractivity contribution in [1.82, 2.24) is 10.3 Å². The maximum Gasteiger partial charge on any atom is 0.407 e. The van der Waals surface area contributed by atoms with E-state index in [1.54, 1.807) is 0 Å². The van der Waals surface area contributed by atoms with Gasteiger partial charge in [-0.25, -0.2) is 9.78 Å². The Kier molecular flexibility index (Phi) is 5.08. The van der Waals surface area contributed by atoms with Crippen LogP contribution in [0.2, 0.25) is 0 Å². The Morgan fingerprint density at radius 2 is 2.29 bits per heavy atom. The van der Waals surface area contributed by atoms with Crippen LogP contribution in [0.5, 0.6) is 0 Å². The van der Waals surface area contributed by atoms with Gasteiger partial charge in [-0.3, -0.25) is 0 Å². The summed E-state index contributed by atoms with van der Waals surface area (Å²) < 4.78 is 6.22. The third-order valence-corrected chi connectivity index (χ3v) is 3.72. The van der Waals surface area contributed by atoms with Crippen molar-refractivity contribution >= 4 is 27.8 Å². The lowest BCUT2D eigenvalue weighted by Crippen LogP contribution is -2.36. The van der Waals surface area contributed by atoms with E-state index in [0.717, 1.165) is 29.8 Å². The van der Waals surface area contributed by atoms with Gasteiger partial charge in [-0.1, -0.05) is 0 Å². The molecular formula is C15H22BrN3O2. The normalized spacial score (nSPS) is 18.7. The molecule has 1 aliphatic heterocycles. The van der Waals surface area contributed by atoms with E-state index in [1.807, 2.05) is 39.1 Å². The van der Waals surface area contributed by atoms with E-state index in [4.69, 9.17) is 4.74 Å². The molecule has 1 amide bonds. The fourth-order valence-electron chi connectivity index (χ4n) is 2.30. The molecule has 116 valence electrons. The highest BCUT2D eigenvalue weighted by atomic mass is 79.9. The molecule has 1 fully saturated rings.